The number of nitrogens with one attached hydrogen (secondary N) is 1. The van der Waals surface area contributed by atoms with Gasteiger partial charge in [0.15, 0.2) is 5.76 Å². The molecule has 32 heavy (non-hydrogen) atoms. The Morgan fingerprint density at radius 1 is 1.16 bits per heavy atom. The van der Waals surface area contributed by atoms with Gasteiger partial charge >= 0.3 is 0 Å². The maximum Gasteiger partial charge on any atom is 0.287 e. The van der Waals surface area contributed by atoms with Gasteiger partial charge < -0.3 is 9.73 Å². The van der Waals surface area contributed by atoms with E-state index in [4.69, 9.17) is 4.42 Å². The van der Waals surface area contributed by atoms with Gasteiger partial charge in [-0.05, 0) is 42.1 Å². The first-order chi connectivity index (χ1) is 15.7. The van der Waals surface area contributed by atoms with E-state index in [0.717, 1.165) is 27.8 Å². The molecule has 0 aliphatic heterocycles. The lowest BCUT2D eigenvalue weighted by atomic mass is 10.1. The molecule has 0 bridgehead atoms. The number of carbonyl (C=O) groups is 1. The zero-order valence-corrected chi connectivity index (χ0v) is 18.9. The first kappa shape index (κ1) is 20.5. The van der Waals surface area contributed by atoms with Gasteiger partial charge in [0.05, 0.1) is 15.9 Å². The van der Waals surface area contributed by atoms with Crippen molar-refractivity contribution in [1.29, 1.82) is 0 Å². The maximum absolute atomic E-state index is 13.2. The SMILES string of the molecule is CC(NC(=O)c1oc2ccccc2c1CSc1cccs1)c1ccc(-n2cncn2)cc1. The molecular formula is C24H20N4O2S2. The van der Waals surface area contributed by atoms with Crippen molar-refractivity contribution in [2.45, 2.75) is 22.9 Å². The maximum atomic E-state index is 13.2. The summed E-state index contributed by atoms with van der Waals surface area (Å²) >= 11 is 3.41. The Hall–Kier alpha value is -3.36. The number of thioether (sulfide) groups is 1. The minimum Gasteiger partial charge on any atom is -0.451 e. The van der Waals surface area contributed by atoms with E-state index < -0.39 is 0 Å². The molecular weight excluding hydrogens is 440 g/mol. The molecule has 5 aromatic rings. The highest BCUT2D eigenvalue weighted by Gasteiger charge is 2.22. The van der Waals surface area contributed by atoms with Gasteiger partial charge in [-0.3, -0.25) is 4.79 Å². The smallest absolute Gasteiger partial charge is 0.287 e. The van der Waals surface area contributed by atoms with Gasteiger partial charge in [-0.1, -0.05) is 36.4 Å². The third-order valence-corrected chi connectivity index (χ3v) is 7.34. The molecule has 5 rings (SSSR count). The van der Waals surface area contributed by atoms with Crippen molar-refractivity contribution >= 4 is 40.0 Å². The van der Waals surface area contributed by atoms with Gasteiger partial charge in [0.2, 0.25) is 0 Å². The Kier molecular flexibility index (Phi) is 5.79. The molecule has 1 amide bonds. The number of rotatable bonds is 7. The molecule has 160 valence electrons. The fraction of sp³-hybridized carbons (Fsp3) is 0.125. The second kappa shape index (κ2) is 9.02. The molecule has 3 aromatic heterocycles. The van der Waals surface area contributed by atoms with E-state index in [9.17, 15) is 4.79 Å². The highest BCUT2D eigenvalue weighted by atomic mass is 32.2. The first-order valence-electron chi connectivity index (χ1n) is 10.1. The number of fused-ring (bicyclic) bond motifs is 1. The van der Waals surface area contributed by atoms with Crippen LogP contribution in [0.25, 0.3) is 16.7 Å². The second-order valence-electron chi connectivity index (χ2n) is 7.25. The molecule has 0 fully saturated rings. The minimum absolute atomic E-state index is 0.182. The highest BCUT2D eigenvalue weighted by molar-refractivity contribution is 8.00. The number of nitrogens with zero attached hydrogens (tertiary/aromatic N) is 3. The van der Waals surface area contributed by atoms with Crippen LogP contribution in [0, 0.1) is 0 Å². The van der Waals surface area contributed by atoms with Crippen LogP contribution < -0.4 is 5.32 Å². The Morgan fingerprint density at radius 2 is 2.00 bits per heavy atom. The fourth-order valence-corrected chi connectivity index (χ4v) is 5.33. The van der Waals surface area contributed by atoms with E-state index in [1.54, 1.807) is 34.1 Å². The molecule has 1 atom stereocenters. The van der Waals surface area contributed by atoms with Crippen LogP contribution in [0.2, 0.25) is 0 Å². The molecule has 2 aromatic carbocycles. The molecule has 0 saturated heterocycles. The average molecular weight is 461 g/mol. The highest BCUT2D eigenvalue weighted by Crippen LogP contribution is 2.34. The van der Waals surface area contributed by atoms with Gasteiger partial charge in [-0.25, -0.2) is 9.67 Å². The predicted molar refractivity (Wildman–Crippen MR) is 127 cm³/mol. The van der Waals surface area contributed by atoms with Crippen molar-refractivity contribution in [2.24, 2.45) is 0 Å². The van der Waals surface area contributed by atoms with Crippen LogP contribution in [0.5, 0.6) is 0 Å². The van der Waals surface area contributed by atoms with E-state index in [1.165, 1.54) is 10.5 Å². The number of benzene rings is 2. The van der Waals surface area contributed by atoms with Gasteiger partial charge in [-0.15, -0.1) is 23.1 Å². The monoisotopic (exact) mass is 460 g/mol. The van der Waals surface area contributed by atoms with Gasteiger partial charge in [0.25, 0.3) is 5.91 Å². The topological polar surface area (TPSA) is 73.0 Å². The van der Waals surface area contributed by atoms with Crippen molar-refractivity contribution in [1.82, 2.24) is 20.1 Å². The van der Waals surface area contributed by atoms with Crippen LogP contribution in [-0.2, 0) is 5.75 Å². The summed E-state index contributed by atoms with van der Waals surface area (Å²) in [6, 6.07) is 19.6. The number of thiophene rings is 1. The third-order valence-electron chi connectivity index (χ3n) is 5.18. The number of hydrogen-bond donors (Lipinski definition) is 1. The van der Waals surface area contributed by atoms with Crippen molar-refractivity contribution in [2.75, 3.05) is 0 Å². The summed E-state index contributed by atoms with van der Waals surface area (Å²) in [5, 5.41) is 10.3. The lowest BCUT2D eigenvalue weighted by Gasteiger charge is -2.14. The molecule has 1 N–H and O–H groups in total. The number of hydrogen-bond acceptors (Lipinski definition) is 6. The Bertz CT molecular complexity index is 1330. The van der Waals surface area contributed by atoms with Crippen LogP contribution in [-0.4, -0.2) is 20.7 Å². The molecule has 0 spiro atoms. The van der Waals surface area contributed by atoms with Crippen molar-refractivity contribution in [3.63, 3.8) is 0 Å². The summed E-state index contributed by atoms with van der Waals surface area (Å²) < 4.78 is 8.90. The normalized spacial score (nSPS) is 12.2. The summed E-state index contributed by atoms with van der Waals surface area (Å²) in [6.07, 6.45) is 3.15. The predicted octanol–water partition coefficient (Wildman–Crippen LogP) is 5.86. The number of furan rings is 1. The molecule has 3 heterocycles. The first-order valence-corrected chi connectivity index (χ1v) is 12.0. The van der Waals surface area contributed by atoms with E-state index in [0.29, 0.717) is 11.5 Å². The van der Waals surface area contributed by atoms with Gasteiger partial charge in [0, 0.05) is 16.7 Å². The number of amides is 1. The number of aromatic nitrogens is 3. The van der Waals surface area contributed by atoms with E-state index in [-0.39, 0.29) is 11.9 Å². The average Bonchev–Trinajstić information content (AvgIpc) is 3.59. The van der Waals surface area contributed by atoms with E-state index >= 15 is 0 Å². The van der Waals surface area contributed by atoms with Crippen LogP contribution >= 0.6 is 23.1 Å². The van der Waals surface area contributed by atoms with E-state index in [2.05, 4.69) is 26.8 Å². The molecule has 1 unspecified atom stereocenters. The molecule has 0 radical (unpaired) electrons. The Labute approximate surface area is 193 Å². The zero-order valence-electron chi connectivity index (χ0n) is 17.3. The third kappa shape index (κ3) is 4.19. The summed E-state index contributed by atoms with van der Waals surface area (Å²) in [5.74, 6) is 0.832. The fourth-order valence-electron chi connectivity index (χ4n) is 3.52. The lowest BCUT2D eigenvalue weighted by Crippen LogP contribution is -2.27. The Balaban J connectivity index is 1.36. The summed E-state index contributed by atoms with van der Waals surface area (Å²) in [4.78, 5) is 17.2. The molecule has 0 saturated carbocycles. The summed E-state index contributed by atoms with van der Waals surface area (Å²) in [7, 11) is 0. The largest absolute Gasteiger partial charge is 0.451 e. The van der Waals surface area contributed by atoms with Gasteiger partial charge in [-0.2, -0.15) is 5.10 Å². The van der Waals surface area contributed by atoms with Crippen LogP contribution in [0.15, 0.2) is 87.3 Å². The standard InChI is InChI=1S/C24H20N4O2S2/c1-16(17-8-10-18(11-9-17)28-15-25-14-26-28)27-24(29)23-20(13-32-22-7-4-12-31-22)19-5-2-3-6-21(19)30-23/h2-12,14-16H,13H2,1H3,(H,27,29). The van der Waals surface area contributed by atoms with Crippen LogP contribution in [0.1, 0.15) is 34.6 Å². The molecule has 6 nitrogen and oxygen atoms in total. The summed E-state index contributed by atoms with van der Waals surface area (Å²) in [5.41, 5.74) is 3.55. The summed E-state index contributed by atoms with van der Waals surface area (Å²) in [6.45, 7) is 1.96. The van der Waals surface area contributed by atoms with E-state index in [1.807, 2.05) is 61.5 Å². The van der Waals surface area contributed by atoms with Crippen molar-refractivity contribution in [3.05, 3.63) is 95.6 Å². The quantitative estimate of drug-likeness (QED) is 0.308. The minimum atomic E-state index is -0.212. The second-order valence-corrected chi connectivity index (χ2v) is 9.48. The lowest BCUT2D eigenvalue weighted by molar-refractivity contribution is 0.0913. The zero-order chi connectivity index (χ0) is 21.9. The number of carbonyl (C=O) groups excluding carboxylic acids is 1. The van der Waals surface area contributed by atoms with Crippen LogP contribution in [0.4, 0.5) is 0 Å². The number of para-hydroxylation sites is 1. The Morgan fingerprint density at radius 3 is 2.75 bits per heavy atom. The molecule has 0 aliphatic carbocycles. The van der Waals surface area contributed by atoms with Crippen LogP contribution in [0.3, 0.4) is 0 Å². The molecule has 0 aliphatic rings. The van der Waals surface area contributed by atoms with Crippen molar-refractivity contribution in [3.8, 4) is 5.69 Å². The van der Waals surface area contributed by atoms with Crippen molar-refractivity contribution < 1.29 is 9.21 Å². The van der Waals surface area contributed by atoms with Gasteiger partial charge in [0.1, 0.15) is 18.2 Å². The molecule has 8 heteroatoms.